The van der Waals surface area contributed by atoms with E-state index in [-0.39, 0.29) is 35.3 Å². The highest BCUT2D eigenvalue weighted by atomic mass is 35.5. The molecule has 1 rings (SSSR count). The van der Waals surface area contributed by atoms with E-state index >= 15 is 0 Å². The molecule has 1 heterocycles. The van der Waals surface area contributed by atoms with E-state index in [1.165, 1.54) is 12.4 Å². The van der Waals surface area contributed by atoms with Gasteiger partial charge in [-0.15, -0.1) is 0 Å². The Kier molecular flexibility index (Phi) is 4.64. The first-order chi connectivity index (χ1) is 7.54. The average Bonchev–Trinajstić information content (AvgIpc) is 2.25. The fraction of sp³-hybridized carbons (Fsp3) is 0.500. The Morgan fingerprint density at radius 1 is 1.56 bits per heavy atom. The molecule has 0 aliphatic heterocycles. The molecule has 0 bridgehead atoms. The highest BCUT2D eigenvalue weighted by Crippen LogP contribution is 2.05. The van der Waals surface area contributed by atoms with E-state index in [4.69, 9.17) is 16.7 Å². The van der Waals surface area contributed by atoms with Crippen molar-refractivity contribution >= 4 is 17.5 Å². The van der Waals surface area contributed by atoms with Crippen LogP contribution >= 0.6 is 11.6 Å². The minimum Gasteiger partial charge on any atom is -0.394 e. The molecule has 2 N–H and O–H groups in total. The van der Waals surface area contributed by atoms with Crippen molar-refractivity contribution in [2.75, 3.05) is 6.61 Å². The topological polar surface area (TPSA) is 75.1 Å². The van der Waals surface area contributed by atoms with Gasteiger partial charge in [-0.05, 0) is 5.92 Å². The van der Waals surface area contributed by atoms with E-state index in [2.05, 4.69) is 15.3 Å². The van der Waals surface area contributed by atoms with Crippen molar-refractivity contribution in [1.29, 1.82) is 0 Å². The first-order valence-corrected chi connectivity index (χ1v) is 5.31. The summed E-state index contributed by atoms with van der Waals surface area (Å²) in [5, 5.41) is 11.9. The number of nitrogens with one attached hydrogen (secondary N) is 1. The van der Waals surface area contributed by atoms with Crippen LogP contribution in [0.2, 0.25) is 5.15 Å². The molecule has 0 spiro atoms. The smallest absolute Gasteiger partial charge is 0.271 e. The van der Waals surface area contributed by atoms with Crippen LogP contribution in [0, 0.1) is 5.92 Å². The summed E-state index contributed by atoms with van der Waals surface area (Å²) in [5.41, 5.74) is 0.145. The third-order valence-corrected chi connectivity index (χ3v) is 2.34. The quantitative estimate of drug-likeness (QED) is 0.823. The highest BCUT2D eigenvalue weighted by molar-refractivity contribution is 6.29. The van der Waals surface area contributed by atoms with Gasteiger partial charge in [0.25, 0.3) is 5.91 Å². The third kappa shape index (κ3) is 3.43. The number of hydrogen-bond donors (Lipinski definition) is 2. The molecule has 1 aromatic heterocycles. The number of nitrogens with zero attached hydrogens (tertiary/aromatic N) is 2. The lowest BCUT2D eigenvalue weighted by atomic mass is 10.1. The predicted molar refractivity (Wildman–Crippen MR) is 60.2 cm³/mol. The van der Waals surface area contributed by atoms with Crippen LogP contribution in [0.15, 0.2) is 12.4 Å². The number of carbonyl (C=O) groups is 1. The van der Waals surface area contributed by atoms with Crippen LogP contribution in [0.1, 0.15) is 24.3 Å². The molecule has 0 fully saturated rings. The van der Waals surface area contributed by atoms with Crippen molar-refractivity contribution in [2.45, 2.75) is 19.9 Å². The monoisotopic (exact) mass is 243 g/mol. The maximum Gasteiger partial charge on any atom is 0.271 e. The lowest BCUT2D eigenvalue weighted by Gasteiger charge is -2.19. The minimum absolute atomic E-state index is 0.114. The maximum absolute atomic E-state index is 11.7. The molecule has 0 aliphatic carbocycles. The summed E-state index contributed by atoms with van der Waals surface area (Å²) in [6, 6.07) is -0.298. The van der Waals surface area contributed by atoms with E-state index in [1.807, 2.05) is 13.8 Å². The largest absolute Gasteiger partial charge is 0.394 e. The molecule has 0 aromatic carbocycles. The summed E-state index contributed by atoms with van der Waals surface area (Å²) in [7, 11) is 0. The maximum atomic E-state index is 11.7. The van der Waals surface area contributed by atoms with Gasteiger partial charge in [0.05, 0.1) is 25.0 Å². The molecule has 1 amide bonds. The average molecular weight is 244 g/mol. The van der Waals surface area contributed by atoms with Crippen molar-refractivity contribution in [2.24, 2.45) is 5.92 Å². The molecule has 0 radical (unpaired) electrons. The molecular weight excluding hydrogens is 230 g/mol. The van der Waals surface area contributed by atoms with Crippen molar-refractivity contribution in [3.8, 4) is 0 Å². The van der Waals surface area contributed by atoms with Gasteiger partial charge in [0.1, 0.15) is 10.8 Å². The Morgan fingerprint density at radius 2 is 2.25 bits per heavy atom. The Hall–Kier alpha value is -1.20. The fourth-order valence-electron chi connectivity index (χ4n) is 1.12. The number of aliphatic hydroxyl groups excluding tert-OH is 1. The standard InChI is InChI=1S/C10H14ClN3O2/c1-6(2)8(5-15)14-10(16)7-3-12-4-9(11)13-7/h3-4,6,8,15H,5H2,1-2H3,(H,14,16). The van der Waals surface area contributed by atoms with Gasteiger partial charge < -0.3 is 10.4 Å². The van der Waals surface area contributed by atoms with Crippen LogP contribution in [0.25, 0.3) is 0 Å². The second-order valence-electron chi connectivity index (χ2n) is 3.73. The first kappa shape index (κ1) is 12.9. The zero-order valence-corrected chi connectivity index (χ0v) is 9.90. The Labute approximate surface area is 98.9 Å². The normalized spacial score (nSPS) is 12.6. The third-order valence-electron chi connectivity index (χ3n) is 2.16. The number of carbonyl (C=O) groups excluding carboxylic acids is 1. The molecule has 1 aromatic rings. The van der Waals surface area contributed by atoms with Crippen molar-refractivity contribution in [1.82, 2.24) is 15.3 Å². The molecular formula is C10H14ClN3O2. The summed E-state index contributed by atoms with van der Waals surface area (Å²) in [5.74, 6) is -0.246. The van der Waals surface area contributed by atoms with Crippen molar-refractivity contribution in [3.63, 3.8) is 0 Å². The summed E-state index contributed by atoms with van der Waals surface area (Å²) in [6.45, 7) is 3.70. The van der Waals surface area contributed by atoms with Gasteiger partial charge in [-0.2, -0.15) is 0 Å². The van der Waals surface area contributed by atoms with E-state index in [0.717, 1.165) is 0 Å². The van der Waals surface area contributed by atoms with Gasteiger partial charge in [0.15, 0.2) is 0 Å². The van der Waals surface area contributed by atoms with Crippen molar-refractivity contribution in [3.05, 3.63) is 23.2 Å². The Bertz CT molecular complexity index is 371. The molecule has 88 valence electrons. The van der Waals surface area contributed by atoms with Gasteiger partial charge in [0.2, 0.25) is 0 Å². The van der Waals surface area contributed by atoms with Crippen molar-refractivity contribution < 1.29 is 9.90 Å². The molecule has 0 aliphatic rings. The molecule has 1 unspecified atom stereocenters. The molecule has 0 saturated carbocycles. The predicted octanol–water partition coefficient (Wildman–Crippen LogP) is 0.877. The van der Waals surface area contributed by atoms with Gasteiger partial charge in [-0.3, -0.25) is 9.78 Å². The number of aromatic nitrogens is 2. The molecule has 5 nitrogen and oxygen atoms in total. The highest BCUT2D eigenvalue weighted by Gasteiger charge is 2.17. The minimum atomic E-state index is -0.386. The van der Waals surface area contributed by atoms with Crippen LogP contribution in [0.5, 0.6) is 0 Å². The number of halogens is 1. The molecule has 6 heteroatoms. The number of amides is 1. The van der Waals surface area contributed by atoms with E-state index in [9.17, 15) is 4.79 Å². The number of hydrogen-bond acceptors (Lipinski definition) is 4. The van der Waals surface area contributed by atoms with E-state index < -0.39 is 0 Å². The first-order valence-electron chi connectivity index (χ1n) is 4.94. The zero-order chi connectivity index (χ0) is 12.1. The van der Waals surface area contributed by atoms with Gasteiger partial charge in [0, 0.05) is 0 Å². The SMILES string of the molecule is CC(C)C(CO)NC(=O)c1cncc(Cl)n1. The van der Waals surface area contributed by atoms with Crippen LogP contribution in [-0.2, 0) is 0 Å². The van der Waals surface area contributed by atoms with Crippen LogP contribution in [0.4, 0.5) is 0 Å². The summed E-state index contributed by atoms with van der Waals surface area (Å²) < 4.78 is 0. The summed E-state index contributed by atoms with van der Waals surface area (Å²) in [4.78, 5) is 19.3. The van der Waals surface area contributed by atoms with Crippen LogP contribution in [-0.4, -0.2) is 33.6 Å². The summed E-state index contributed by atoms with van der Waals surface area (Å²) >= 11 is 5.62. The Morgan fingerprint density at radius 3 is 2.75 bits per heavy atom. The van der Waals surface area contributed by atoms with E-state index in [1.54, 1.807) is 0 Å². The number of rotatable bonds is 4. The van der Waals surface area contributed by atoms with Gasteiger partial charge >= 0.3 is 0 Å². The van der Waals surface area contributed by atoms with Gasteiger partial charge in [-0.25, -0.2) is 4.98 Å². The van der Waals surface area contributed by atoms with Gasteiger partial charge in [-0.1, -0.05) is 25.4 Å². The van der Waals surface area contributed by atoms with Crippen LogP contribution in [0.3, 0.4) is 0 Å². The van der Waals surface area contributed by atoms with Crippen LogP contribution < -0.4 is 5.32 Å². The zero-order valence-electron chi connectivity index (χ0n) is 9.14. The second kappa shape index (κ2) is 5.77. The number of aliphatic hydroxyl groups is 1. The lowest BCUT2D eigenvalue weighted by Crippen LogP contribution is -2.41. The van der Waals surface area contributed by atoms with E-state index in [0.29, 0.717) is 0 Å². The second-order valence-corrected chi connectivity index (χ2v) is 4.12. The Balaban J connectivity index is 2.72. The summed E-state index contributed by atoms with van der Waals surface area (Å²) in [6.07, 6.45) is 2.68. The molecule has 16 heavy (non-hydrogen) atoms. The molecule has 0 saturated heterocycles. The fourth-order valence-corrected chi connectivity index (χ4v) is 1.26. The molecule has 1 atom stereocenters. The lowest BCUT2D eigenvalue weighted by molar-refractivity contribution is 0.0891.